The Morgan fingerprint density at radius 1 is 1.50 bits per heavy atom. The largest absolute Gasteiger partial charge is 0.396 e. The second-order valence-electron chi connectivity index (χ2n) is 6.10. The highest BCUT2D eigenvalue weighted by molar-refractivity contribution is 5.94. The number of carbonyl (C=O) groups excluding carboxylic acids is 1. The number of hydrogen-bond acceptors (Lipinski definition) is 4. The normalized spacial score (nSPS) is 21.9. The molecule has 1 fully saturated rings. The van der Waals surface area contributed by atoms with Crippen LogP contribution in [0.3, 0.4) is 0 Å². The lowest BCUT2D eigenvalue weighted by Gasteiger charge is -2.41. The minimum atomic E-state index is -0.302. The monoisotopic (exact) mass is 308 g/mol. The number of piperidine rings is 1. The predicted octanol–water partition coefficient (Wildman–Crippen LogP) is 0.636. The first-order valence-electron chi connectivity index (χ1n) is 7.57. The number of nitrogens with zero attached hydrogens (tertiary/aromatic N) is 2. The van der Waals surface area contributed by atoms with Gasteiger partial charge in [0.25, 0.3) is 11.5 Å². The fourth-order valence-electron chi connectivity index (χ4n) is 2.98. The van der Waals surface area contributed by atoms with E-state index >= 15 is 0 Å². The molecule has 1 saturated heterocycles. The molecule has 0 bridgehead atoms. The van der Waals surface area contributed by atoms with Crippen LogP contribution in [-0.4, -0.2) is 53.9 Å². The van der Waals surface area contributed by atoms with Crippen LogP contribution < -0.4 is 5.56 Å². The van der Waals surface area contributed by atoms with Crippen molar-refractivity contribution in [3.63, 3.8) is 0 Å². The number of amides is 1. The Bertz CT molecular complexity index is 584. The van der Waals surface area contributed by atoms with Gasteiger partial charge in [0.15, 0.2) is 0 Å². The first-order chi connectivity index (χ1) is 10.5. The maximum Gasteiger partial charge on any atom is 0.254 e. The molecule has 0 radical (unpaired) electrons. The van der Waals surface area contributed by atoms with Gasteiger partial charge in [0.1, 0.15) is 0 Å². The van der Waals surface area contributed by atoms with Crippen LogP contribution in [0.4, 0.5) is 0 Å². The molecular formula is C16H24N2O4. The molecule has 6 nitrogen and oxygen atoms in total. The average Bonchev–Trinajstić information content (AvgIpc) is 2.55. The van der Waals surface area contributed by atoms with E-state index in [1.807, 2.05) is 0 Å². The number of aliphatic hydroxyl groups is 1. The van der Waals surface area contributed by atoms with E-state index in [0.717, 1.165) is 19.3 Å². The van der Waals surface area contributed by atoms with Crippen LogP contribution in [0.2, 0.25) is 0 Å². The summed E-state index contributed by atoms with van der Waals surface area (Å²) in [4.78, 5) is 26.0. The lowest BCUT2D eigenvalue weighted by molar-refractivity contribution is 0.00897. The molecule has 6 heteroatoms. The quantitative estimate of drug-likeness (QED) is 0.866. The standard InChI is InChI=1S/C16H24N2O4/c1-17-8-4-13(10-14(17)20)15(21)18-7-3-5-16(11-18,12-19)6-9-22-2/h4,8,10,19H,3,5-7,9,11-12H2,1-2H3/t16-/m1/s1. The Morgan fingerprint density at radius 3 is 2.91 bits per heavy atom. The van der Waals surface area contributed by atoms with E-state index in [2.05, 4.69) is 0 Å². The summed E-state index contributed by atoms with van der Waals surface area (Å²) in [7, 11) is 3.29. The number of aryl methyl sites for hydroxylation is 1. The number of rotatable bonds is 5. The minimum Gasteiger partial charge on any atom is -0.396 e. The first-order valence-corrected chi connectivity index (χ1v) is 7.57. The predicted molar refractivity (Wildman–Crippen MR) is 82.8 cm³/mol. The summed E-state index contributed by atoms with van der Waals surface area (Å²) < 4.78 is 6.56. The molecule has 1 aromatic heterocycles. The topological polar surface area (TPSA) is 71.8 Å². The average molecular weight is 308 g/mol. The van der Waals surface area contributed by atoms with Gasteiger partial charge in [-0.3, -0.25) is 9.59 Å². The van der Waals surface area contributed by atoms with Crippen LogP contribution in [0.15, 0.2) is 23.1 Å². The van der Waals surface area contributed by atoms with Crippen molar-refractivity contribution in [2.24, 2.45) is 12.5 Å². The van der Waals surface area contributed by atoms with E-state index < -0.39 is 0 Å². The van der Waals surface area contributed by atoms with Crippen molar-refractivity contribution in [3.8, 4) is 0 Å². The number of aromatic nitrogens is 1. The van der Waals surface area contributed by atoms with Crippen molar-refractivity contribution in [1.29, 1.82) is 0 Å². The first kappa shape index (κ1) is 16.7. The number of pyridine rings is 1. The summed E-state index contributed by atoms with van der Waals surface area (Å²) in [6, 6.07) is 3.03. The van der Waals surface area contributed by atoms with Gasteiger partial charge in [0.05, 0.1) is 6.61 Å². The zero-order valence-corrected chi connectivity index (χ0v) is 13.2. The third-order valence-corrected chi connectivity index (χ3v) is 4.47. The summed E-state index contributed by atoms with van der Waals surface area (Å²) in [5.74, 6) is -0.146. The van der Waals surface area contributed by atoms with Gasteiger partial charge in [0, 0.05) is 57.1 Å². The fraction of sp³-hybridized carbons (Fsp3) is 0.625. The second-order valence-corrected chi connectivity index (χ2v) is 6.10. The second kappa shape index (κ2) is 7.07. The van der Waals surface area contributed by atoms with Gasteiger partial charge in [-0.1, -0.05) is 0 Å². The van der Waals surface area contributed by atoms with Crippen LogP contribution in [0.25, 0.3) is 0 Å². The van der Waals surface area contributed by atoms with Crippen molar-refractivity contribution < 1.29 is 14.6 Å². The van der Waals surface area contributed by atoms with Gasteiger partial charge >= 0.3 is 0 Å². The van der Waals surface area contributed by atoms with Crippen LogP contribution >= 0.6 is 0 Å². The van der Waals surface area contributed by atoms with E-state index in [-0.39, 0.29) is 23.5 Å². The summed E-state index contributed by atoms with van der Waals surface area (Å²) >= 11 is 0. The molecule has 0 unspecified atom stereocenters. The minimum absolute atomic E-state index is 0.0384. The zero-order valence-electron chi connectivity index (χ0n) is 13.2. The van der Waals surface area contributed by atoms with Gasteiger partial charge in [-0.2, -0.15) is 0 Å². The van der Waals surface area contributed by atoms with Gasteiger partial charge in [-0.25, -0.2) is 0 Å². The molecule has 0 aliphatic carbocycles. The number of carbonyl (C=O) groups is 1. The number of hydrogen-bond donors (Lipinski definition) is 1. The van der Waals surface area contributed by atoms with E-state index in [4.69, 9.17) is 4.74 Å². The molecule has 1 amide bonds. The maximum atomic E-state index is 12.6. The van der Waals surface area contributed by atoms with E-state index in [1.165, 1.54) is 10.6 Å². The van der Waals surface area contributed by atoms with Gasteiger partial charge in [-0.05, 0) is 25.3 Å². The van der Waals surface area contributed by atoms with Crippen LogP contribution in [0.1, 0.15) is 29.6 Å². The Kier molecular flexibility index (Phi) is 5.37. The summed E-state index contributed by atoms with van der Waals surface area (Å²) in [6.07, 6.45) is 4.05. The van der Waals surface area contributed by atoms with Crippen LogP contribution in [0, 0.1) is 5.41 Å². The lowest BCUT2D eigenvalue weighted by Crippen LogP contribution is -2.48. The highest BCUT2D eigenvalue weighted by atomic mass is 16.5. The Labute approximate surface area is 130 Å². The molecule has 1 aliphatic rings. The summed E-state index contributed by atoms with van der Waals surface area (Å²) in [5.41, 5.74) is -0.0943. The summed E-state index contributed by atoms with van der Waals surface area (Å²) in [5, 5.41) is 9.77. The van der Waals surface area contributed by atoms with Gasteiger partial charge in [-0.15, -0.1) is 0 Å². The van der Waals surface area contributed by atoms with E-state index in [9.17, 15) is 14.7 Å². The molecular weight excluding hydrogens is 284 g/mol. The molecule has 122 valence electrons. The molecule has 1 aliphatic heterocycles. The zero-order chi connectivity index (χ0) is 16.2. The summed E-state index contributed by atoms with van der Waals surface area (Å²) in [6.45, 7) is 1.76. The van der Waals surface area contributed by atoms with Crippen LogP contribution in [-0.2, 0) is 11.8 Å². The number of likely N-dealkylation sites (tertiary alicyclic amines) is 1. The molecule has 0 aromatic carbocycles. The molecule has 1 aromatic rings. The van der Waals surface area contributed by atoms with Crippen molar-refractivity contribution in [2.75, 3.05) is 33.4 Å². The van der Waals surface area contributed by atoms with Crippen molar-refractivity contribution >= 4 is 5.91 Å². The molecule has 1 atom stereocenters. The highest BCUT2D eigenvalue weighted by Crippen LogP contribution is 2.33. The van der Waals surface area contributed by atoms with E-state index in [1.54, 1.807) is 31.3 Å². The molecule has 22 heavy (non-hydrogen) atoms. The Balaban J connectivity index is 2.15. The Hall–Kier alpha value is -1.66. The highest BCUT2D eigenvalue weighted by Gasteiger charge is 2.36. The van der Waals surface area contributed by atoms with Gasteiger partial charge in [0.2, 0.25) is 0 Å². The van der Waals surface area contributed by atoms with E-state index in [0.29, 0.717) is 25.3 Å². The van der Waals surface area contributed by atoms with Crippen LogP contribution in [0.5, 0.6) is 0 Å². The molecule has 1 N–H and O–H groups in total. The number of aliphatic hydroxyl groups excluding tert-OH is 1. The van der Waals surface area contributed by atoms with Gasteiger partial charge < -0.3 is 19.3 Å². The molecule has 2 heterocycles. The van der Waals surface area contributed by atoms with Crippen molar-refractivity contribution in [1.82, 2.24) is 9.47 Å². The lowest BCUT2D eigenvalue weighted by atomic mass is 9.78. The SMILES string of the molecule is COCC[C@]1(CO)CCCN(C(=O)c2ccn(C)c(=O)c2)C1. The number of ether oxygens (including phenoxy) is 1. The maximum absolute atomic E-state index is 12.6. The smallest absolute Gasteiger partial charge is 0.254 e. The third-order valence-electron chi connectivity index (χ3n) is 4.47. The molecule has 0 spiro atoms. The molecule has 0 saturated carbocycles. The van der Waals surface area contributed by atoms with Crippen molar-refractivity contribution in [2.45, 2.75) is 19.3 Å². The third kappa shape index (κ3) is 3.56. The number of methoxy groups -OCH3 is 1. The fourth-order valence-corrected chi connectivity index (χ4v) is 2.98. The van der Waals surface area contributed by atoms with Crippen molar-refractivity contribution in [3.05, 3.63) is 34.2 Å². The molecule has 2 rings (SSSR count). The Morgan fingerprint density at radius 2 is 2.27 bits per heavy atom.